The molecule has 0 aromatic heterocycles. The van der Waals surface area contributed by atoms with E-state index >= 15 is 0 Å². The van der Waals surface area contributed by atoms with E-state index in [0.717, 1.165) is 83.8 Å². The van der Waals surface area contributed by atoms with Gasteiger partial charge in [-0.3, -0.25) is 24.0 Å². The standard InChI is InChI=1S/C60H108N2O9/c1-5-9-12-14-15-19-29-52-31-27-39-59(8-4,38-24-11-7-3)40-37-53(30-18-13-10-6-2)49-69-56(65)34-21-17-23-36-58(67)71-51-60(50-70-57(66)35-22-16-20-33-55(64)68-48-52)41-46-62(47-42-60)54(63)32-28-45-61-43-25-26-44-61/h52-53H,5-51H2,1-4H3. The highest BCUT2D eigenvalue weighted by atomic mass is 16.6. The van der Waals surface area contributed by atoms with E-state index in [9.17, 15) is 24.0 Å². The molecule has 1 amide bonds. The molecule has 0 aromatic carbocycles. The van der Waals surface area contributed by atoms with E-state index in [1.54, 1.807) is 0 Å². The van der Waals surface area contributed by atoms with Gasteiger partial charge in [0.1, 0.15) is 13.2 Å². The highest BCUT2D eigenvalue weighted by molar-refractivity contribution is 5.76. The first-order valence-electron chi connectivity index (χ1n) is 30.2. The van der Waals surface area contributed by atoms with Gasteiger partial charge < -0.3 is 28.7 Å². The van der Waals surface area contributed by atoms with Crippen LogP contribution in [0.5, 0.6) is 0 Å². The Labute approximate surface area is 434 Å². The minimum atomic E-state index is -0.557. The highest BCUT2D eigenvalue weighted by Crippen LogP contribution is 2.42. The summed E-state index contributed by atoms with van der Waals surface area (Å²) in [6.45, 7) is 14.7. The number of unbranched alkanes of at least 4 members (excludes halogenated alkanes) is 10. The lowest BCUT2D eigenvalue weighted by molar-refractivity contribution is -0.158. The molecule has 3 unspecified atom stereocenters. The minimum absolute atomic E-state index is 0.141. The van der Waals surface area contributed by atoms with Crippen LogP contribution in [-0.2, 0) is 42.9 Å². The van der Waals surface area contributed by atoms with Gasteiger partial charge in [0.05, 0.1) is 13.2 Å². The van der Waals surface area contributed by atoms with Gasteiger partial charge in [0.2, 0.25) is 5.91 Å². The monoisotopic (exact) mass is 1000 g/mol. The van der Waals surface area contributed by atoms with E-state index in [-0.39, 0.29) is 61.3 Å². The SMILES string of the molecule is CCCCCCCCC1CCCC(CC)(CCCCC)CCC(CCCCCC)COC(=O)CCCCCC(=O)OCC2(CCN(C(=O)CCCN3CCCC3)CC2)COC(=O)CCCCCC(=O)OC1. The number of piperidine rings is 1. The summed E-state index contributed by atoms with van der Waals surface area (Å²) in [6, 6.07) is 0. The van der Waals surface area contributed by atoms with Gasteiger partial charge in [0, 0.05) is 50.6 Å². The molecular formula is C60H108N2O9. The van der Waals surface area contributed by atoms with Crippen LogP contribution < -0.4 is 0 Å². The van der Waals surface area contributed by atoms with Crippen LogP contribution in [0.4, 0.5) is 0 Å². The first-order chi connectivity index (χ1) is 34.5. The number of carbonyl (C=O) groups is 5. The summed E-state index contributed by atoms with van der Waals surface area (Å²) in [7, 11) is 0. The smallest absolute Gasteiger partial charge is 0.305 e. The zero-order chi connectivity index (χ0) is 51.3. The third kappa shape index (κ3) is 28.5. The molecule has 11 heteroatoms. The number of ether oxygens (including phenoxy) is 4. The van der Waals surface area contributed by atoms with Crippen molar-refractivity contribution in [3.63, 3.8) is 0 Å². The molecule has 3 aliphatic heterocycles. The first-order valence-corrected chi connectivity index (χ1v) is 30.2. The fourth-order valence-corrected chi connectivity index (χ4v) is 11.4. The van der Waals surface area contributed by atoms with E-state index in [0.29, 0.717) is 95.9 Å². The molecule has 3 atom stereocenters. The number of nitrogens with zero attached hydrogens (tertiary/aromatic N) is 2. The summed E-state index contributed by atoms with van der Waals surface area (Å²) >= 11 is 0. The molecule has 3 saturated heterocycles. The Morgan fingerprint density at radius 3 is 1.51 bits per heavy atom. The number of amides is 1. The molecule has 0 aliphatic carbocycles. The van der Waals surface area contributed by atoms with Crippen molar-refractivity contribution in [2.75, 3.05) is 59.2 Å². The molecule has 0 aromatic rings. The number of carbonyl (C=O) groups excluding carboxylic acids is 5. The molecule has 0 radical (unpaired) electrons. The van der Waals surface area contributed by atoms with Crippen molar-refractivity contribution in [3.05, 3.63) is 0 Å². The molecule has 0 N–H and O–H groups in total. The molecule has 0 bridgehead atoms. The first kappa shape index (κ1) is 62.6. The van der Waals surface area contributed by atoms with Crippen LogP contribution in [0.3, 0.4) is 0 Å². The molecule has 11 nitrogen and oxygen atoms in total. The van der Waals surface area contributed by atoms with Crippen LogP contribution in [-0.4, -0.2) is 98.7 Å². The molecular weight excluding hydrogens is 893 g/mol. The molecule has 412 valence electrons. The summed E-state index contributed by atoms with van der Waals surface area (Å²) in [5.74, 6) is 0.0273. The van der Waals surface area contributed by atoms with Crippen molar-refractivity contribution in [1.82, 2.24) is 9.80 Å². The van der Waals surface area contributed by atoms with E-state index in [1.165, 1.54) is 109 Å². The van der Waals surface area contributed by atoms with E-state index < -0.39 is 5.41 Å². The van der Waals surface area contributed by atoms with Gasteiger partial charge >= 0.3 is 23.9 Å². The highest BCUT2D eigenvalue weighted by Gasteiger charge is 2.39. The molecule has 0 saturated carbocycles. The van der Waals surface area contributed by atoms with Crippen LogP contribution >= 0.6 is 0 Å². The minimum Gasteiger partial charge on any atom is -0.465 e. The maximum absolute atomic E-state index is 13.2. The summed E-state index contributed by atoms with van der Waals surface area (Å²) in [5.41, 5.74) is -0.293. The van der Waals surface area contributed by atoms with Crippen molar-refractivity contribution in [1.29, 1.82) is 0 Å². The Morgan fingerprint density at radius 2 is 0.972 bits per heavy atom. The largest absolute Gasteiger partial charge is 0.465 e. The van der Waals surface area contributed by atoms with Crippen molar-refractivity contribution in [3.8, 4) is 0 Å². The van der Waals surface area contributed by atoms with Crippen LogP contribution in [0.15, 0.2) is 0 Å². The van der Waals surface area contributed by atoms with Crippen LogP contribution in [0.2, 0.25) is 0 Å². The van der Waals surface area contributed by atoms with Gasteiger partial charge in [0.25, 0.3) is 0 Å². The fraction of sp³-hybridized carbons (Fsp3) is 0.917. The topological polar surface area (TPSA) is 129 Å². The molecule has 3 fully saturated rings. The number of hydrogen-bond acceptors (Lipinski definition) is 10. The number of rotatable bonds is 21. The lowest BCUT2D eigenvalue weighted by Crippen LogP contribution is -2.47. The molecule has 71 heavy (non-hydrogen) atoms. The quantitative estimate of drug-likeness (QED) is 0.0622. The van der Waals surface area contributed by atoms with Crippen molar-refractivity contribution in [2.45, 2.75) is 272 Å². The van der Waals surface area contributed by atoms with Gasteiger partial charge in [-0.15, -0.1) is 0 Å². The predicted octanol–water partition coefficient (Wildman–Crippen LogP) is 14.4. The number of likely N-dealkylation sites (tertiary alicyclic amines) is 2. The molecule has 3 heterocycles. The number of hydrogen-bond donors (Lipinski definition) is 0. The Hall–Kier alpha value is -2.69. The Morgan fingerprint density at radius 1 is 0.493 bits per heavy atom. The van der Waals surface area contributed by atoms with Crippen LogP contribution in [0.1, 0.15) is 272 Å². The van der Waals surface area contributed by atoms with E-state index in [2.05, 4.69) is 32.6 Å². The number of esters is 4. The van der Waals surface area contributed by atoms with Crippen molar-refractivity contribution >= 4 is 29.8 Å². The second-order valence-electron chi connectivity index (χ2n) is 22.7. The third-order valence-electron chi connectivity index (χ3n) is 16.7. The normalized spacial score (nSPS) is 24.4. The fourth-order valence-electron chi connectivity index (χ4n) is 11.4. The summed E-state index contributed by atoms with van der Waals surface area (Å²) in [6.07, 6.45) is 36.6. The molecule has 3 aliphatic rings. The maximum Gasteiger partial charge on any atom is 0.305 e. The zero-order valence-electron chi connectivity index (χ0n) is 46.5. The summed E-state index contributed by atoms with van der Waals surface area (Å²) in [4.78, 5) is 70.1. The van der Waals surface area contributed by atoms with Gasteiger partial charge in [-0.2, -0.15) is 0 Å². The van der Waals surface area contributed by atoms with Crippen molar-refractivity contribution in [2.24, 2.45) is 22.7 Å². The second-order valence-corrected chi connectivity index (χ2v) is 22.7. The average molecular weight is 1000 g/mol. The van der Waals surface area contributed by atoms with Gasteiger partial charge in [-0.05, 0) is 140 Å². The van der Waals surface area contributed by atoms with Crippen molar-refractivity contribution < 1.29 is 42.9 Å². The summed E-state index contributed by atoms with van der Waals surface area (Å²) in [5, 5.41) is 0. The van der Waals surface area contributed by atoms with E-state index in [1.807, 2.05) is 4.90 Å². The Balaban J connectivity index is 1.68. The van der Waals surface area contributed by atoms with Gasteiger partial charge in [-0.1, -0.05) is 137 Å². The predicted molar refractivity (Wildman–Crippen MR) is 287 cm³/mol. The Bertz CT molecular complexity index is 1430. The molecule has 1 spiro atoms. The van der Waals surface area contributed by atoms with Crippen LogP contribution in [0, 0.1) is 22.7 Å². The van der Waals surface area contributed by atoms with Crippen LogP contribution in [0.25, 0.3) is 0 Å². The van der Waals surface area contributed by atoms with Gasteiger partial charge in [0.15, 0.2) is 0 Å². The van der Waals surface area contributed by atoms with E-state index in [4.69, 9.17) is 18.9 Å². The molecule has 3 rings (SSSR count). The lowest BCUT2D eigenvalue weighted by atomic mass is 9.71. The third-order valence-corrected chi connectivity index (χ3v) is 16.7. The van der Waals surface area contributed by atoms with Gasteiger partial charge in [-0.25, -0.2) is 0 Å². The maximum atomic E-state index is 13.2. The summed E-state index contributed by atoms with van der Waals surface area (Å²) < 4.78 is 23.8. The second kappa shape index (κ2) is 38.8. The zero-order valence-corrected chi connectivity index (χ0v) is 46.5. The Kier molecular flexibility index (Phi) is 34.2. The lowest BCUT2D eigenvalue weighted by Gasteiger charge is -2.41. The number of cyclic esters (lactones) is 4. The average Bonchev–Trinajstić information content (AvgIpc) is 3.90.